The second kappa shape index (κ2) is 3.33. The van der Waals surface area contributed by atoms with Crippen LogP contribution in [0.2, 0.25) is 0 Å². The lowest BCUT2D eigenvalue weighted by atomic mass is 10.1. The number of phenolic OH excluding ortho intramolecular Hbond substituents is 2. The molecular formula is C8H7NO5. The summed E-state index contributed by atoms with van der Waals surface area (Å²) in [6, 6.07) is 2.12. The van der Waals surface area contributed by atoms with Crippen molar-refractivity contribution in [3.8, 4) is 11.5 Å². The highest BCUT2D eigenvalue weighted by Crippen LogP contribution is 2.37. The van der Waals surface area contributed by atoms with E-state index in [-0.39, 0.29) is 5.56 Å². The number of Topliss-reactive ketones (excluding diaryl/α,β-unsaturated/α-hetero) is 1. The summed E-state index contributed by atoms with van der Waals surface area (Å²) in [6.07, 6.45) is 0. The molecule has 0 saturated carbocycles. The summed E-state index contributed by atoms with van der Waals surface area (Å²) >= 11 is 0. The number of ketones is 1. The van der Waals surface area contributed by atoms with Crippen molar-refractivity contribution in [2.24, 2.45) is 0 Å². The van der Waals surface area contributed by atoms with Gasteiger partial charge in [-0.3, -0.25) is 14.9 Å². The molecule has 1 aromatic carbocycles. The first-order valence-corrected chi connectivity index (χ1v) is 3.65. The highest BCUT2D eigenvalue weighted by atomic mass is 16.6. The van der Waals surface area contributed by atoms with Crippen LogP contribution in [0.1, 0.15) is 17.3 Å². The van der Waals surface area contributed by atoms with Gasteiger partial charge in [0.2, 0.25) is 5.75 Å². The quantitative estimate of drug-likeness (QED) is 0.321. The minimum absolute atomic E-state index is 0.231. The number of rotatable bonds is 2. The maximum atomic E-state index is 10.9. The third-order valence-electron chi connectivity index (χ3n) is 1.69. The number of phenols is 2. The summed E-state index contributed by atoms with van der Waals surface area (Å²) in [5, 5.41) is 28.6. The SMILES string of the molecule is CC(=O)c1ccc(O)c(O)c1[N+](=O)[O-]. The average Bonchev–Trinajstić information content (AvgIpc) is 2.08. The van der Waals surface area contributed by atoms with Crippen LogP contribution in [0, 0.1) is 10.1 Å². The molecule has 0 radical (unpaired) electrons. The first kappa shape index (κ1) is 9.97. The zero-order chi connectivity index (χ0) is 10.9. The lowest BCUT2D eigenvalue weighted by molar-refractivity contribution is -0.386. The van der Waals surface area contributed by atoms with Gasteiger partial charge in [-0.05, 0) is 19.1 Å². The van der Waals surface area contributed by atoms with Gasteiger partial charge in [-0.1, -0.05) is 0 Å². The number of carbonyl (C=O) groups excluding carboxylic acids is 1. The monoisotopic (exact) mass is 197 g/mol. The predicted octanol–water partition coefficient (Wildman–Crippen LogP) is 1.21. The first-order chi connectivity index (χ1) is 6.45. The molecule has 0 heterocycles. The molecule has 0 spiro atoms. The zero-order valence-corrected chi connectivity index (χ0v) is 7.22. The molecule has 2 N–H and O–H groups in total. The van der Waals surface area contributed by atoms with Gasteiger partial charge in [-0.15, -0.1) is 0 Å². The van der Waals surface area contributed by atoms with E-state index >= 15 is 0 Å². The van der Waals surface area contributed by atoms with E-state index in [1.54, 1.807) is 0 Å². The van der Waals surface area contributed by atoms with Crippen LogP contribution >= 0.6 is 0 Å². The van der Waals surface area contributed by atoms with Crippen molar-refractivity contribution in [2.45, 2.75) is 6.92 Å². The molecule has 0 bridgehead atoms. The molecular weight excluding hydrogens is 190 g/mol. The fraction of sp³-hybridized carbons (Fsp3) is 0.125. The van der Waals surface area contributed by atoms with Gasteiger partial charge in [0.1, 0.15) is 0 Å². The summed E-state index contributed by atoms with van der Waals surface area (Å²) in [6.45, 7) is 1.14. The second-order valence-electron chi connectivity index (χ2n) is 2.64. The Balaban J connectivity index is 3.53. The number of carbonyl (C=O) groups is 1. The van der Waals surface area contributed by atoms with Gasteiger partial charge in [0.05, 0.1) is 10.5 Å². The standard InChI is InChI=1S/C8H7NO5/c1-4(10)5-2-3-6(11)8(12)7(5)9(13)14/h2-3,11-12H,1H3. The summed E-state index contributed by atoms with van der Waals surface area (Å²) in [7, 11) is 0. The van der Waals surface area contributed by atoms with E-state index in [1.807, 2.05) is 0 Å². The number of aromatic hydroxyl groups is 2. The molecule has 1 aromatic rings. The Morgan fingerprint density at radius 2 is 2.00 bits per heavy atom. The molecule has 6 nitrogen and oxygen atoms in total. The van der Waals surface area contributed by atoms with E-state index in [0.717, 1.165) is 19.1 Å². The minimum atomic E-state index is -0.911. The average molecular weight is 197 g/mol. The highest BCUT2D eigenvalue weighted by Gasteiger charge is 2.24. The molecule has 0 aliphatic carbocycles. The molecule has 0 amide bonds. The number of benzene rings is 1. The van der Waals surface area contributed by atoms with E-state index in [4.69, 9.17) is 10.2 Å². The number of hydrogen-bond donors (Lipinski definition) is 2. The van der Waals surface area contributed by atoms with Crippen molar-refractivity contribution in [3.05, 3.63) is 27.8 Å². The second-order valence-corrected chi connectivity index (χ2v) is 2.64. The van der Waals surface area contributed by atoms with Crippen molar-refractivity contribution in [1.82, 2.24) is 0 Å². The highest BCUT2D eigenvalue weighted by molar-refractivity contribution is 5.99. The largest absolute Gasteiger partial charge is 0.504 e. The fourth-order valence-corrected chi connectivity index (χ4v) is 1.04. The van der Waals surface area contributed by atoms with Crippen LogP contribution in [0.3, 0.4) is 0 Å². The molecule has 74 valence electrons. The van der Waals surface area contributed by atoms with Crippen LogP contribution in [0.5, 0.6) is 11.5 Å². The molecule has 0 saturated heterocycles. The van der Waals surface area contributed by atoms with Crippen molar-refractivity contribution >= 4 is 11.5 Å². The van der Waals surface area contributed by atoms with Gasteiger partial charge in [-0.2, -0.15) is 0 Å². The Morgan fingerprint density at radius 1 is 1.43 bits per heavy atom. The summed E-state index contributed by atoms with van der Waals surface area (Å²) in [5.74, 6) is -2.06. The topological polar surface area (TPSA) is 101 Å². The third-order valence-corrected chi connectivity index (χ3v) is 1.69. The number of hydrogen-bond acceptors (Lipinski definition) is 5. The van der Waals surface area contributed by atoms with Gasteiger partial charge >= 0.3 is 5.69 Å². The Bertz CT molecular complexity index is 412. The van der Waals surface area contributed by atoms with E-state index in [0.29, 0.717) is 0 Å². The van der Waals surface area contributed by atoms with Gasteiger partial charge in [0.15, 0.2) is 11.5 Å². The molecule has 0 aliphatic heterocycles. The molecule has 0 unspecified atom stereocenters. The van der Waals surface area contributed by atoms with Crippen LogP contribution in [0.25, 0.3) is 0 Å². The van der Waals surface area contributed by atoms with Crippen molar-refractivity contribution < 1.29 is 19.9 Å². The number of nitro groups is 1. The van der Waals surface area contributed by atoms with Gasteiger partial charge in [-0.25, -0.2) is 0 Å². The summed E-state index contributed by atoms with van der Waals surface area (Å²) in [5.41, 5.74) is -0.997. The normalized spacial score (nSPS) is 9.79. The van der Waals surface area contributed by atoms with E-state index in [1.165, 1.54) is 0 Å². The van der Waals surface area contributed by atoms with Crippen molar-refractivity contribution in [2.75, 3.05) is 0 Å². The lowest BCUT2D eigenvalue weighted by Crippen LogP contribution is -2.00. The molecule has 0 atom stereocenters. The molecule has 0 aromatic heterocycles. The fourth-order valence-electron chi connectivity index (χ4n) is 1.04. The summed E-state index contributed by atoms with van der Waals surface area (Å²) < 4.78 is 0. The first-order valence-electron chi connectivity index (χ1n) is 3.65. The molecule has 6 heteroatoms. The molecule has 0 aliphatic rings. The van der Waals surface area contributed by atoms with Crippen LogP contribution in [0.15, 0.2) is 12.1 Å². The lowest BCUT2D eigenvalue weighted by Gasteiger charge is -2.02. The minimum Gasteiger partial charge on any atom is -0.504 e. The van der Waals surface area contributed by atoms with Crippen LogP contribution in [-0.2, 0) is 0 Å². The number of nitro benzene ring substituents is 1. The van der Waals surface area contributed by atoms with Crippen molar-refractivity contribution in [1.29, 1.82) is 0 Å². The zero-order valence-electron chi connectivity index (χ0n) is 7.22. The Morgan fingerprint density at radius 3 is 2.43 bits per heavy atom. The van der Waals surface area contributed by atoms with E-state index in [9.17, 15) is 14.9 Å². The smallest absolute Gasteiger partial charge is 0.325 e. The van der Waals surface area contributed by atoms with Crippen LogP contribution < -0.4 is 0 Å². The Labute approximate surface area is 78.6 Å². The maximum Gasteiger partial charge on any atom is 0.325 e. The summed E-state index contributed by atoms with van der Waals surface area (Å²) in [4.78, 5) is 20.5. The Kier molecular flexibility index (Phi) is 2.37. The van der Waals surface area contributed by atoms with Gasteiger partial charge in [0, 0.05) is 0 Å². The molecule has 1 rings (SSSR count). The third kappa shape index (κ3) is 1.49. The van der Waals surface area contributed by atoms with E-state index in [2.05, 4.69) is 0 Å². The number of nitrogens with zero attached hydrogens (tertiary/aromatic N) is 1. The predicted molar refractivity (Wildman–Crippen MR) is 46.4 cm³/mol. The van der Waals surface area contributed by atoms with E-state index < -0.39 is 27.9 Å². The molecule has 14 heavy (non-hydrogen) atoms. The Hall–Kier alpha value is -2.11. The van der Waals surface area contributed by atoms with Gasteiger partial charge < -0.3 is 10.2 Å². The van der Waals surface area contributed by atoms with Crippen molar-refractivity contribution in [3.63, 3.8) is 0 Å². The van der Waals surface area contributed by atoms with Gasteiger partial charge in [0.25, 0.3) is 0 Å². The molecule has 0 fully saturated rings. The maximum absolute atomic E-state index is 10.9. The van der Waals surface area contributed by atoms with Crippen LogP contribution in [-0.4, -0.2) is 20.9 Å². The van der Waals surface area contributed by atoms with Crippen LogP contribution in [0.4, 0.5) is 5.69 Å².